The molecule has 0 aromatic heterocycles. The molecule has 128 valence electrons. The largest absolute Gasteiger partial charge is 0.329 e. The second-order valence-corrected chi connectivity index (χ2v) is 6.81. The van der Waals surface area contributed by atoms with E-state index in [-0.39, 0.29) is 18.4 Å². The summed E-state index contributed by atoms with van der Waals surface area (Å²) in [4.78, 5) is 0. The minimum absolute atomic E-state index is 0. The summed E-state index contributed by atoms with van der Waals surface area (Å²) < 4.78 is 29.1. The highest BCUT2D eigenvalue weighted by atomic mass is 35.5. The minimum atomic E-state index is -3.51. The van der Waals surface area contributed by atoms with Crippen LogP contribution in [0, 0.1) is 0 Å². The van der Waals surface area contributed by atoms with Crippen molar-refractivity contribution in [2.75, 3.05) is 13.1 Å². The number of hydrogen-bond donors (Lipinski definition) is 2. The van der Waals surface area contributed by atoms with Crippen LogP contribution in [-0.2, 0) is 16.8 Å². The van der Waals surface area contributed by atoms with E-state index in [0.29, 0.717) is 19.6 Å². The molecule has 22 heavy (non-hydrogen) atoms. The lowest BCUT2D eigenvalue weighted by Crippen LogP contribution is -2.47. The molecule has 3 N–H and O–H groups in total. The van der Waals surface area contributed by atoms with Gasteiger partial charge in [0.1, 0.15) is 0 Å². The van der Waals surface area contributed by atoms with Gasteiger partial charge in [-0.2, -0.15) is 17.4 Å². The standard InChI is InChI=1S/C15H27N3O2S.ClH/c1-3-5-11-15(12-16)17-21(19,20)18(4-2)13-14-9-7-6-8-10-14;/h6-10,15,17H,3-5,11-13,16H2,1-2H3;1H. The third kappa shape index (κ3) is 7.07. The summed E-state index contributed by atoms with van der Waals surface area (Å²) in [5, 5.41) is 0. The van der Waals surface area contributed by atoms with Crippen LogP contribution in [0.2, 0.25) is 0 Å². The van der Waals surface area contributed by atoms with Gasteiger partial charge in [-0.1, -0.05) is 57.0 Å². The number of nitrogens with zero attached hydrogens (tertiary/aromatic N) is 1. The van der Waals surface area contributed by atoms with Crippen LogP contribution < -0.4 is 10.5 Å². The third-order valence-electron chi connectivity index (χ3n) is 3.40. The SMILES string of the molecule is CCCCC(CN)NS(=O)(=O)N(CC)Cc1ccccc1.Cl. The number of unbranched alkanes of at least 4 members (excludes halogenated alkanes) is 1. The summed E-state index contributed by atoms with van der Waals surface area (Å²) in [6.45, 7) is 5.04. The lowest BCUT2D eigenvalue weighted by Gasteiger charge is -2.24. The molecule has 0 aliphatic heterocycles. The van der Waals surface area contributed by atoms with Crippen molar-refractivity contribution in [2.24, 2.45) is 5.73 Å². The molecule has 1 aromatic rings. The Balaban J connectivity index is 0.00000441. The number of rotatable bonds is 10. The van der Waals surface area contributed by atoms with Crippen LogP contribution in [0.4, 0.5) is 0 Å². The fourth-order valence-corrected chi connectivity index (χ4v) is 3.56. The Bertz CT molecular complexity index is 497. The van der Waals surface area contributed by atoms with Crippen molar-refractivity contribution < 1.29 is 8.42 Å². The van der Waals surface area contributed by atoms with Crippen LogP contribution >= 0.6 is 12.4 Å². The van der Waals surface area contributed by atoms with Crippen molar-refractivity contribution in [1.29, 1.82) is 0 Å². The van der Waals surface area contributed by atoms with Gasteiger partial charge in [-0.25, -0.2) is 0 Å². The average Bonchev–Trinajstić information content (AvgIpc) is 2.49. The highest BCUT2D eigenvalue weighted by molar-refractivity contribution is 7.87. The quantitative estimate of drug-likeness (QED) is 0.680. The van der Waals surface area contributed by atoms with E-state index in [1.165, 1.54) is 4.31 Å². The maximum Gasteiger partial charge on any atom is 0.280 e. The van der Waals surface area contributed by atoms with E-state index in [4.69, 9.17) is 5.73 Å². The van der Waals surface area contributed by atoms with Crippen LogP contribution in [0.15, 0.2) is 30.3 Å². The van der Waals surface area contributed by atoms with Gasteiger partial charge in [-0.15, -0.1) is 12.4 Å². The first kappa shape index (κ1) is 21.3. The number of nitrogens with one attached hydrogen (secondary N) is 1. The molecule has 0 spiro atoms. The maximum atomic E-state index is 12.5. The summed E-state index contributed by atoms with van der Waals surface area (Å²) in [6, 6.07) is 9.40. The highest BCUT2D eigenvalue weighted by Gasteiger charge is 2.23. The van der Waals surface area contributed by atoms with E-state index in [2.05, 4.69) is 11.6 Å². The Kier molecular flexibility index (Phi) is 10.6. The molecule has 1 rings (SSSR count). The molecule has 0 bridgehead atoms. The third-order valence-corrected chi connectivity index (χ3v) is 5.10. The Morgan fingerprint density at radius 2 is 1.86 bits per heavy atom. The van der Waals surface area contributed by atoms with Gasteiger partial charge in [0.25, 0.3) is 10.2 Å². The van der Waals surface area contributed by atoms with Crippen molar-refractivity contribution in [3.8, 4) is 0 Å². The van der Waals surface area contributed by atoms with Gasteiger partial charge in [0, 0.05) is 25.7 Å². The maximum absolute atomic E-state index is 12.5. The second kappa shape index (κ2) is 11.0. The molecule has 1 aromatic carbocycles. The number of hydrogen-bond acceptors (Lipinski definition) is 3. The topological polar surface area (TPSA) is 75.4 Å². The molecule has 0 saturated carbocycles. The molecule has 0 saturated heterocycles. The Morgan fingerprint density at radius 1 is 1.23 bits per heavy atom. The van der Waals surface area contributed by atoms with Crippen LogP contribution in [0.3, 0.4) is 0 Å². The molecule has 7 heteroatoms. The van der Waals surface area contributed by atoms with Crippen LogP contribution in [0.25, 0.3) is 0 Å². The Labute approximate surface area is 140 Å². The second-order valence-electron chi connectivity index (χ2n) is 5.11. The molecule has 1 atom stereocenters. The van der Waals surface area contributed by atoms with Gasteiger partial charge >= 0.3 is 0 Å². The van der Waals surface area contributed by atoms with Crippen molar-refractivity contribution in [1.82, 2.24) is 9.03 Å². The van der Waals surface area contributed by atoms with Crippen molar-refractivity contribution in [3.63, 3.8) is 0 Å². The molecule has 0 amide bonds. The number of nitrogens with two attached hydrogens (primary N) is 1. The molecule has 0 radical (unpaired) electrons. The van der Waals surface area contributed by atoms with Crippen LogP contribution in [0.1, 0.15) is 38.7 Å². The molecule has 5 nitrogen and oxygen atoms in total. The van der Waals surface area contributed by atoms with Gasteiger partial charge < -0.3 is 5.73 Å². The lowest BCUT2D eigenvalue weighted by atomic mass is 10.1. The Hall–Kier alpha value is -0.660. The predicted molar refractivity (Wildman–Crippen MR) is 94.2 cm³/mol. The average molecular weight is 350 g/mol. The molecular weight excluding hydrogens is 322 g/mol. The first-order valence-electron chi connectivity index (χ1n) is 7.54. The van der Waals surface area contributed by atoms with E-state index in [0.717, 1.165) is 24.8 Å². The smallest absolute Gasteiger partial charge is 0.280 e. The van der Waals surface area contributed by atoms with Crippen molar-refractivity contribution in [2.45, 2.75) is 45.7 Å². The Morgan fingerprint density at radius 3 is 2.36 bits per heavy atom. The molecular formula is C15H28ClN3O2S. The van der Waals surface area contributed by atoms with E-state index in [9.17, 15) is 8.42 Å². The van der Waals surface area contributed by atoms with Gasteiger partial charge in [0.2, 0.25) is 0 Å². The number of benzene rings is 1. The van der Waals surface area contributed by atoms with Gasteiger partial charge in [-0.05, 0) is 12.0 Å². The van der Waals surface area contributed by atoms with Gasteiger partial charge in [0.05, 0.1) is 0 Å². The fraction of sp³-hybridized carbons (Fsp3) is 0.600. The first-order valence-corrected chi connectivity index (χ1v) is 8.98. The lowest BCUT2D eigenvalue weighted by molar-refractivity contribution is 0.402. The first-order chi connectivity index (χ1) is 10.0. The molecule has 0 aliphatic rings. The zero-order chi connectivity index (χ0) is 15.7. The highest BCUT2D eigenvalue weighted by Crippen LogP contribution is 2.09. The monoisotopic (exact) mass is 349 g/mol. The number of halogens is 1. The van der Waals surface area contributed by atoms with Gasteiger partial charge in [-0.3, -0.25) is 0 Å². The molecule has 0 aliphatic carbocycles. The zero-order valence-electron chi connectivity index (χ0n) is 13.4. The molecule has 0 fully saturated rings. The summed E-state index contributed by atoms with van der Waals surface area (Å²) in [7, 11) is -3.51. The fourth-order valence-electron chi connectivity index (χ4n) is 2.11. The van der Waals surface area contributed by atoms with E-state index in [1.54, 1.807) is 0 Å². The van der Waals surface area contributed by atoms with Crippen LogP contribution in [0.5, 0.6) is 0 Å². The summed E-state index contributed by atoms with van der Waals surface area (Å²) in [5.41, 5.74) is 6.64. The minimum Gasteiger partial charge on any atom is -0.329 e. The summed E-state index contributed by atoms with van der Waals surface area (Å²) in [6.07, 6.45) is 2.77. The molecule has 0 heterocycles. The predicted octanol–water partition coefficient (Wildman–Crippen LogP) is 2.28. The van der Waals surface area contributed by atoms with Crippen molar-refractivity contribution in [3.05, 3.63) is 35.9 Å². The van der Waals surface area contributed by atoms with E-state index in [1.807, 2.05) is 37.3 Å². The van der Waals surface area contributed by atoms with E-state index >= 15 is 0 Å². The zero-order valence-corrected chi connectivity index (χ0v) is 15.0. The van der Waals surface area contributed by atoms with Crippen LogP contribution in [-0.4, -0.2) is 31.9 Å². The summed E-state index contributed by atoms with van der Waals surface area (Å²) >= 11 is 0. The molecule has 1 unspecified atom stereocenters. The normalized spacial score (nSPS) is 12.9. The van der Waals surface area contributed by atoms with Crippen molar-refractivity contribution >= 4 is 22.6 Å². The van der Waals surface area contributed by atoms with Gasteiger partial charge in [0.15, 0.2) is 0 Å². The summed E-state index contributed by atoms with van der Waals surface area (Å²) in [5.74, 6) is 0. The van der Waals surface area contributed by atoms with E-state index < -0.39 is 10.2 Å².